The van der Waals surface area contributed by atoms with E-state index in [4.69, 9.17) is 42.6 Å². The molecule has 1 aliphatic rings. The first-order valence-corrected chi connectivity index (χ1v) is 33.7. The van der Waals surface area contributed by atoms with Gasteiger partial charge in [-0.2, -0.15) is 5.10 Å². The summed E-state index contributed by atoms with van der Waals surface area (Å²) in [7, 11) is -2.62. The summed E-state index contributed by atoms with van der Waals surface area (Å²) in [5, 5.41) is 15.7. The van der Waals surface area contributed by atoms with E-state index in [1.807, 2.05) is 49.8 Å². The van der Waals surface area contributed by atoms with Crippen molar-refractivity contribution in [1.29, 1.82) is 0 Å². The van der Waals surface area contributed by atoms with Gasteiger partial charge in [0.1, 0.15) is 22.3 Å². The fraction of sp³-hybridized carbons (Fsp3) is 0.615. The second-order valence-electron chi connectivity index (χ2n) is 26.6. The second kappa shape index (κ2) is 30.4. The Bertz CT molecular complexity index is 3040. The van der Waals surface area contributed by atoms with Crippen LogP contribution in [0.3, 0.4) is 0 Å². The molecule has 0 aliphatic carbocycles. The summed E-state index contributed by atoms with van der Waals surface area (Å²) in [5.74, 6) is -0.0364. The average molecular weight is 1210 g/mol. The summed E-state index contributed by atoms with van der Waals surface area (Å²) in [6.45, 7) is 35.0. The average Bonchev–Trinajstić information content (AvgIpc) is 1.53. The third-order valence-electron chi connectivity index (χ3n) is 14.9. The smallest absolute Gasteiger partial charge is 0.444 e. The highest BCUT2D eigenvalue weighted by Gasteiger charge is 2.41. The molecule has 1 atom stereocenters. The number of ether oxygens (including phenoxy) is 7. The zero-order valence-corrected chi connectivity index (χ0v) is 55.2. The quantitative estimate of drug-likeness (QED) is 0.0154. The summed E-state index contributed by atoms with van der Waals surface area (Å²) in [4.78, 5) is 65.1. The van der Waals surface area contributed by atoms with E-state index in [0.29, 0.717) is 75.5 Å². The van der Waals surface area contributed by atoms with E-state index >= 15 is 0 Å². The molecule has 20 nitrogen and oxygen atoms in total. The number of unbranched alkanes of at least 4 members (excludes halogenated alkanes) is 4. The number of fused-ring (bicyclic) bond motifs is 2. The number of carbonyl (C=O) groups is 4. The van der Waals surface area contributed by atoms with E-state index in [-0.39, 0.29) is 40.8 Å². The predicted octanol–water partition coefficient (Wildman–Crippen LogP) is 15.0. The van der Waals surface area contributed by atoms with Crippen molar-refractivity contribution in [2.75, 3.05) is 50.2 Å². The van der Waals surface area contributed by atoms with E-state index in [9.17, 15) is 19.2 Å². The molecule has 5 aromatic rings. The van der Waals surface area contributed by atoms with Gasteiger partial charge in [0.15, 0.2) is 19.7 Å². The largest absolute Gasteiger partial charge is 0.515 e. The summed E-state index contributed by atoms with van der Waals surface area (Å²) >= 11 is 0. The Kier molecular flexibility index (Phi) is 24.2. The fourth-order valence-corrected chi connectivity index (χ4v) is 10.8. The molecule has 1 aliphatic heterocycles. The SMILES string of the molecule is CCc1nc2c(cnn2CC)c(NC2CCOCC2)c1CNC(=O)Nc1ccc(CCCCOCCCCCCN(C[C@H](O[Si](C)(C)C(C)(C)C)c2cc(OC(=O)OC(C)(C)C)nc3c(OC(=O)OC(C)(C)C)cccc23)C(=O)OC(C)(C)C)cc1. The van der Waals surface area contributed by atoms with Gasteiger partial charge in [0.05, 0.1) is 29.9 Å². The van der Waals surface area contributed by atoms with Crippen molar-refractivity contribution >= 4 is 66.1 Å². The lowest BCUT2D eigenvalue weighted by Gasteiger charge is -2.41. The third-order valence-corrected chi connectivity index (χ3v) is 19.4. The van der Waals surface area contributed by atoms with Crippen LogP contribution in [0.1, 0.15) is 177 Å². The number of pyridine rings is 2. The molecule has 3 N–H and O–H groups in total. The number of anilines is 2. The predicted molar refractivity (Wildman–Crippen MR) is 339 cm³/mol. The maximum absolute atomic E-state index is 14.2. The number of urea groups is 1. The van der Waals surface area contributed by atoms with Crippen LogP contribution in [0, 0.1) is 0 Å². The van der Waals surface area contributed by atoms with Gasteiger partial charge in [-0.3, -0.25) is 0 Å². The first-order valence-electron chi connectivity index (χ1n) is 30.8. The molecule has 2 aromatic carbocycles. The molecule has 0 saturated carbocycles. The lowest BCUT2D eigenvalue weighted by molar-refractivity contribution is 0.0150. The van der Waals surface area contributed by atoms with Crippen molar-refractivity contribution in [1.82, 2.24) is 30.0 Å². The molecule has 3 amide bonds. The highest BCUT2D eigenvalue weighted by molar-refractivity contribution is 6.74. The molecule has 474 valence electrons. The Morgan fingerprint density at radius 3 is 2.03 bits per heavy atom. The normalized spacial score (nSPS) is 14.0. The summed E-state index contributed by atoms with van der Waals surface area (Å²) in [6.07, 6.45) is 7.30. The number of benzene rings is 2. The lowest BCUT2D eigenvalue weighted by atomic mass is 10.0. The van der Waals surface area contributed by atoms with Crippen LogP contribution in [0.15, 0.2) is 54.7 Å². The standard InChI is InChI=1S/C65H98N8O12Si/c1-17-51-49(55(68-46-33-38-79-39-34-46)50-42-67-73(18-2)57(50)70-51)41-66-58(74)69-45-31-29-44(30-32-45)26-21-24-37-78-36-23-20-19-22-35-72(59(75)82-62(3,4)5)43-53(85-86(15,16)65(12,13)14)48-40-54(81-61(77)84-64(9,10)11)71-56-47(48)27-25-28-52(56)80-60(76)83-63(6,7)8/h25,27-32,40,42,46,53H,17-24,26,33-39,41,43H2,1-16H3,(H,68,70)(H2,66,69,74)/t53-/m0/s1. The first kappa shape index (κ1) is 68.6. The minimum absolute atomic E-state index is 0.0754. The Hall–Kier alpha value is -6.55. The molecule has 86 heavy (non-hydrogen) atoms. The van der Waals surface area contributed by atoms with Gasteiger partial charge in [0.25, 0.3) is 0 Å². The first-order chi connectivity index (χ1) is 40.4. The van der Waals surface area contributed by atoms with Gasteiger partial charge in [-0.05, 0) is 168 Å². The minimum Gasteiger partial charge on any atom is -0.444 e. The number of aromatic nitrogens is 4. The van der Waals surface area contributed by atoms with Crippen molar-refractivity contribution in [3.63, 3.8) is 0 Å². The third kappa shape index (κ3) is 21.1. The van der Waals surface area contributed by atoms with Crippen LogP contribution in [-0.4, -0.2) is 120 Å². The number of hydrogen-bond donors (Lipinski definition) is 3. The second-order valence-corrected chi connectivity index (χ2v) is 31.4. The summed E-state index contributed by atoms with van der Waals surface area (Å²) in [6, 6.07) is 14.7. The van der Waals surface area contributed by atoms with Gasteiger partial charge in [-0.1, -0.05) is 64.8 Å². The highest BCUT2D eigenvalue weighted by Crippen LogP contribution is 2.43. The highest BCUT2D eigenvalue weighted by atomic mass is 28.4. The zero-order chi connectivity index (χ0) is 63.0. The fourth-order valence-electron chi connectivity index (χ4n) is 9.55. The van der Waals surface area contributed by atoms with Crippen LogP contribution >= 0.6 is 0 Å². The van der Waals surface area contributed by atoms with Crippen LogP contribution < -0.4 is 25.4 Å². The molecule has 1 fully saturated rings. The summed E-state index contributed by atoms with van der Waals surface area (Å²) in [5.41, 5.74) is 3.94. The van der Waals surface area contributed by atoms with Crippen LogP contribution in [0.4, 0.5) is 30.6 Å². The monoisotopic (exact) mass is 1210 g/mol. The van der Waals surface area contributed by atoms with E-state index in [2.05, 4.69) is 85.9 Å². The topological polar surface area (TPSA) is 225 Å². The van der Waals surface area contributed by atoms with Crippen LogP contribution in [0.5, 0.6) is 11.6 Å². The number of aryl methyl sites for hydroxylation is 3. The number of amides is 3. The van der Waals surface area contributed by atoms with Gasteiger partial charge in [-0.15, -0.1) is 0 Å². The molecule has 0 spiro atoms. The van der Waals surface area contributed by atoms with Crippen molar-refractivity contribution in [3.8, 4) is 11.6 Å². The number of nitrogens with zero attached hydrogens (tertiary/aromatic N) is 5. The minimum atomic E-state index is -2.62. The zero-order valence-electron chi connectivity index (χ0n) is 54.2. The van der Waals surface area contributed by atoms with Crippen molar-refractivity contribution in [2.24, 2.45) is 0 Å². The molecule has 0 radical (unpaired) electrons. The van der Waals surface area contributed by atoms with E-state index < -0.39 is 49.6 Å². The number of nitrogens with one attached hydrogen (secondary N) is 3. The number of hydrogen-bond acceptors (Lipinski definition) is 16. The van der Waals surface area contributed by atoms with E-state index in [1.165, 1.54) is 5.56 Å². The Balaban J connectivity index is 1.02. The molecular formula is C65H98N8O12Si. The molecule has 0 bridgehead atoms. The number of para-hydroxylation sites is 1. The summed E-state index contributed by atoms with van der Waals surface area (Å²) < 4.78 is 49.4. The molecule has 1 saturated heterocycles. The Morgan fingerprint density at radius 1 is 0.767 bits per heavy atom. The number of rotatable bonds is 26. The van der Waals surface area contributed by atoms with Crippen molar-refractivity contribution < 1.29 is 56.8 Å². The van der Waals surface area contributed by atoms with Crippen LogP contribution in [0.2, 0.25) is 18.1 Å². The maximum Gasteiger partial charge on any atom is 0.515 e. The van der Waals surface area contributed by atoms with Gasteiger partial charge in [-0.25, -0.2) is 33.8 Å². The Labute approximate surface area is 510 Å². The van der Waals surface area contributed by atoms with Gasteiger partial charge >= 0.3 is 24.4 Å². The van der Waals surface area contributed by atoms with Crippen LogP contribution in [-0.2, 0) is 54.0 Å². The lowest BCUT2D eigenvalue weighted by Crippen LogP contribution is -2.46. The molecular weight excluding hydrogens is 1110 g/mol. The van der Waals surface area contributed by atoms with Gasteiger partial charge < -0.3 is 58.4 Å². The van der Waals surface area contributed by atoms with Crippen molar-refractivity contribution in [3.05, 3.63) is 77.1 Å². The van der Waals surface area contributed by atoms with Crippen LogP contribution in [0.25, 0.3) is 21.9 Å². The Morgan fingerprint density at radius 2 is 1.41 bits per heavy atom. The molecule has 3 aromatic heterocycles. The van der Waals surface area contributed by atoms with Gasteiger partial charge in [0.2, 0.25) is 5.88 Å². The molecule has 0 unspecified atom stereocenters. The van der Waals surface area contributed by atoms with E-state index in [1.54, 1.807) is 64.6 Å². The molecule has 4 heterocycles. The van der Waals surface area contributed by atoms with Gasteiger partial charge in [0, 0.05) is 80.5 Å². The number of carbonyl (C=O) groups excluding carboxylic acids is 4. The van der Waals surface area contributed by atoms with Crippen molar-refractivity contribution in [2.45, 2.75) is 221 Å². The molecule has 6 rings (SSSR count). The molecule has 21 heteroatoms. The van der Waals surface area contributed by atoms with E-state index in [0.717, 1.165) is 79.3 Å². The maximum atomic E-state index is 14.2.